The van der Waals surface area contributed by atoms with Crippen LogP contribution in [-0.2, 0) is 11.2 Å². The number of aryl methyl sites for hydroxylation is 1. The smallest absolute Gasteiger partial charge is 0.303 e. The van der Waals surface area contributed by atoms with E-state index in [4.69, 9.17) is 9.84 Å². The van der Waals surface area contributed by atoms with Gasteiger partial charge in [-0.25, -0.2) is 0 Å². The lowest BCUT2D eigenvalue weighted by Gasteiger charge is -2.16. The Labute approximate surface area is 110 Å². The number of hydrogen-bond acceptors (Lipinski definition) is 2. The van der Waals surface area contributed by atoms with Crippen molar-refractivity contribution in [3.8, 4) is 5.75 Å². The maximum absolute atomic E-state index is 10.6. The zero-order valence-electron chi connectivity index (χ0n) is 10.3. The van der Waals surface area contributed by atoms with E-state index in [1.165, 1.54) is 0 Å². The molecule has 0 bridgehead atoms. The Balaban J connectivity index is 3.13. The molecule has 0 unspecified atom stereocenters. The van der Waals surface area contributed by atoms with Gasteiger partial charge >= 0.3 is 5.97 Å². The first-order valence-electron chi connectivity index (χ1n) is 5.53. The molecule has 1 rings (SSSR count). The molecule has 3 nitrogen and oxygen atoms in total. The summed E-state index contributed by atoms with van der Waals surface area (Å²) in [6.07, 6.45) is 0.599. The monoisotopic (exact) mass is 300 g/mol. The van der Waals surface area contributed by atoms with Crippen LogP contribution in [0, 0.1) is 0 Å². The summed E-state index contributed by atoms with van der Waals surface area (Å²) in [6.45, 7) is 4.18. The minimum atomic E-state index is -0.793. The minimum Gasteiger partial charge on any atom is -0.496 e. The quantitative estimate of drug-likeness (QED) is 0.904. The molecule has 0 fully saturated rings. The van der Waals surface area contributed by atoms with Crippen LogP contribution in [0.25, 0.3) is 0 Å². The summed E-state index contributed by atoms with van der Waals surface area (Å²) in [7, 11) is 1.62. The Morgan fingerprint density at radius 2 is 2.12 bits per heavy atom. The van der Waals surface area contributed by atoms with Gasteiger partial charge in [-0.05, 0) is 35.6 Å². The number of methoxy groups -OCH3 is 1. The van der Waals surface area contributed by atoms with Gasteiger partial charge in [-0.1, -0.05) is 29.8 Å². The van der Waals surface area contributed by atoms with Crippen molar-refractivity contribution >= 4 is 21.9 Å². The number of rotatable bonds is 5. The summed E-state index contributed by atoms with van der Waals surface area (Å²) < 4.78 is 6.37. The largest absolute Gasteiger partial charge is 0.496 e. The predicted octanol–water partition coefficient (Wildman–Crippen LogP) is 3.60. The van der Waals surface area contributed by atoms with Crippen LogP contribution in [0.2, 0.25) is 0 Å². The van der Waals surface area contributed by atoms with Crippen molar-refractivity contribution in [2.24, 2.45) is 0 Å². The normalized spacial score (nSPS) is 10.6. The molecule has 0 radical (unpaired) electrons. The first-order valence-corrected chi connectivity index (χ1v) is 6.33. The molecule has 0 aliphatic carbocycles. The lowest BCUT2D eigenvalue weighted by molar-refractivity contribution is -0.136. The van der Waals surface area contributed by atoms with Crippen molar-refractivity contribution in [1.82, 2.24) is 0 Å². The number of halogens is 1. The Kier molecular flexibility index (Phi) is 5.00. The second-order valence-electron chi connectivity index (χ2n) is 4.24. The second-order valence-corrected chi connectivity index (χ2v) is 5.15. The van der Waals surface area contributed by atoms with Gasteiger partial charge in [0.1, 0.15) is 5.75 Å². The Hall–Kier alpha value is -1.03. The maximum atomic E-state index is 10.6. The average molecular weight is 301 g/mol. The molecule has 94 valence electrons. The molecule has 0 aliphatic rings. The lowest BCUT2D eigenvalue weighted by atomic mass is 9.97. The third-order valence-corrected chi connectivity index (χ3v) is 3.05. The fraction of sp³-hybridized carbons (Fsp3) is 0.462. The number of benzene rings is 1. The number of hydrogen-bond donors (Lipinski definition) is 1. The highest BCUT2D eigenvalue weighted by Gasteiger charge is 2.14. The zero-order valence-corrected chi connectivity index (χ0v) is 11.9. The van der Waals surface area contributed by atoms with Crippen LogP contribution in [0.15, 0.2) is 16.6 Å². The molecule has 0 aliphatic heterocycles. The molecule has 1 N–H and O–H groups in total. The van der Waals surface area contributed by atoms with Gasteiger partial charge in [0.15, 0.2) is 0 Å². The summed E-state index contributed by atoms with van der Waals surface area (Å²) in [5, 5.41) is 8.73. The van der Waals surface area contributed by atoms with E-state index in [1.807, 2.05) is 12.1 Å². The topological polar surface area (TPSA) is 46.5 Å². The van der Waals surface area contributed by atoms with Crippen LogP contribution in [0.4, 0.5) is 0 Å². The first-order chi connectivity index (χ1) is 7.95. The van der Waals surface area contributed by atoms with Gasteiger partial charge in [0, 0.05) is 10.9 Å². The fourth-order valence-electron chi connectivity index (χ4n) is 1.78. The summed E-state index contributed by atoms with van der Waals surface area (Å²) in [5.74, 6) is 0.355. The summed E-state index contributed by atoms with van der Waals surface area (Å²) in [6, 6.07) is 3.95. The van der Waals surface area contributed by atoms with Crippen molar-refractivity contribution in [2.45, 2.75) is 32.6 Å². The standard InChI is InChI=1S/C13H17BrO3/c1-8(2)11-7-10(14)6-9(13(11)17-3)4-5-12(15)16/h6-8H,4-5H2,1-3H3,(H,15,16). The molecular formula is C13H17BrO3. The van der Waals surface area contributed by atoms with Crippen molar-refractivity contribution in [2.75, 3.05) is 7.11 Å². The van der Waals surface area contributed by atoms with E-state index in [9.17, 15) is 4.79 Å². The third kappa shape index (κ3) is 3.73. The fourth-order valence-corrected chi connectivity index (χ4v) is 2.30. The highest BCUT2D eigenvalue weighted by atomic mass is 79.9. The molecule has 0 heterocycles. The SMILES string of the molecule is COc1c(CCC(=O)O)cc(Br)cc1C(C)C. The van der Waals surface area contributed by atoms with E-state index in [-0.39, 0.29) is 6.42 Å². The molecular weight excluding hydrogens is 284 g/mol. The van der Waals surface area contributed by atoms with Crippen LogP contribution in [0.3, 0.4) is 0 Å². The van der Waals surface area contributed by atoms with E-state index >= 15 is 0 Å². The first kappa shape index (κ1) is 14.0. The number of carbonyl (C=O) groups is 1. The van der Waals surface area contributed by atoms with E-state index < -0.39 is 5.97 Å². The molecule has 0 spiro atoms. The van der Waals surface area contributed by atoms with E-state index in [1.54, 1.807) is 7.11 Å². The van der Waals surface area contributed by atoms with Crippen LogP contribution in [0.1, 0.15) is 37.3 Å². The minimum absolute atomic E-state index is 0.115. The Bertz CT molecular complexity index is 413. The molecule has 0 saturated heterocycles. The Morgan fingerprint density at radius 1 is 1.47 bits per heavy atom. The van der Waals surface area contributed by atoms with E-state index in [2.05, 4.69) is 29.8 Å². The Morgan fingerprint density at radius 3 is 2.59 bits per heavy atom. The van der Waals surface area contributed by atoms with Crippen LogP contribution >= 0.6 is 15.9 Å². The number of aliphatic carboxylic acids is 1. The molecule has 0 atom stereocenters. The summed E-state index contributed by atoms with van der Waals surface area (Å²) in [5.41, 5.74) is 2.04. The highest BCUT2D eigenvalue weighted by Crippen LogP contribution is 2.34. The van der Waals surface area contributed by atoms with Crippen molar-refractivity contribution in [3.63, 3.8) is 0 Å². The van der Waals surface area contributed by atoms with Crippen LogP contribution in [-0.4, -0.2) is 18.2 Å². The van der Waals surface area contributed by atoms with Crippen LogP contribution < -0.4 is 4.74 Å². The van der Waals surface area contributed by atoms with Gasteiger partial charge in [0.25, 0.3) is 0 Å². The zero-order chi connectivity index (χ0) is 13.0. The molecule has 1 aromatic rings. The van der Waals surface area contributed by atoms with Gasteiger partial charge < -0.3 is 9.84 Å². The number of carboxylic acids is 1. The van der Waals surface area contributed by atoms with Gasteiger partial charge in [-0.15, -0.1) is 0 Å². The number of ether oxygens (including phenoxy) is 1. The highest BCUT2D eigenvalue weighted by molar-refractivity contribution is 9.10. The lowest BCUT2D eigenvalue weighted by Crippen LogP contribution is -2.03. The summed E-state index contributed by atoms with van der Waals surface area (Å²) >= 11 is 3.45. The second kappa shape index (κ2) is 6.05. The van der Waals surface area contributed by atoms with Crippen molar-refractivity contribution in [1.29, 1.82) is 0 Å². The predicted molar refractivity (Wildman–Crippen MR) is 70.7 cm³/mol. The van der Waals surface area contributed by atoms with Gasteiger partial charge in [0.2, 0.25) is 0 Å². The molecule has 17 heavy (non-hydrogen) atoms. The third-order valence-electron chi connectivity index (χ3n) is 2.59. The summed E-state index contributed by atoms with van der Waals surface area (Å²) in [4.78, 5) is 10.6. The van der Waals surface area contributed by atoms with Gasteiger partial charge in [-0.2, -0.15) is 0 Å². The molecule has 0 saturated carbocycles. The molecule has 0 aromatic heterocycles. The van der Waals surface area contributed by atoms with Crippen molar-refractivity contribution < 1.29 is 14.6 Å². The van der Waals surface area contributed by atoms with Crippen LogP contribution in [0.5, 0.6) is 5.75 Å². The van der Waals surface area contributed by atoms with E-state index in [0.29, 0.717) is 12.3 Å². The maximum Gasteiger partial charge on any atom is 0.303 e. The van der Waals surface area contributed by atoms with Gasteiger partial charge in [-0.3, -0.25) is 4.79 Å². The molecule has 1 aromatic carbocycles. The van der Waals surface area contributed by atoms with Crippen molar-refractivity contribution in [3.05, 3.63) is 27.7 Å². The molecule has 0 amide bonds. The molecule has 4 heteroatoms. The number of carboxylic acid groups (broad SMARTS) is 1. The average Bonchev–Trinajstić information content (AvgIpc) is 2.25. The van der Waals surface area contributed by atoms with Gasteiger partial charge in [0.05, 0.1) is 7.11 Å². The van der Waals surface area contributed by atoms with E-state index in [0.717, 1.165) is 21.3 Å².